The van der Waals surface area contributed by atoms with E-state index in [4.69, 9.17) is 26.8 Å². The number of nitrogen functional groups attached to an aromatic ring is 1. The quantitative estimate of drug-likeness (QED) is 0.394. The smallest absolute Gasteiger partial charge is 0.255 e. The van der Waals surface area contributed by atoms with Crippen molar-refractivity contribution >= 4 is 29.1 Å². The number of likely N-dealkylation sites (tertiary alicyclic amines) is 1. The lowest BCUT2D eigenvalue weighted by Gasteiger charge is -2.38. The van der Waals surface area contributed by atoms with Crippen LogP contribution in [-0.2, 0) is 4.74 Å². The number of nitrogens with one attached hydrogen (secondary N) is 2. The van der Waals surface area contributed by atoms with Gasteiger partial charge in [-0.3, -0.25) is 4.79 Å². The molecule has 168 valence electrons. The third-order valence-corrected chi connectivity index (χ3v) is 5.65. The first kappa shape index (κ1) is 23.1. The second-order valence-corrected chi connectivity index (χ2v) is 7.78. The highest BCUT2D eigenvalue weighted by Crippen LogP contribution is 2.29. The van der Waals surface area contributed by atoms with Gasteiger partial charge in [0, 0.05) is 45.2 Å². The van der Waals surface area contributed by atoms with E-state index in [1.807, 2.05) is 0 Å². The molecule has 31 heavy (non-hydrogen) atoms. The second kappa shape index (κ2) is 11.1. The first-order chi connectivity index (χ1) is 15.0. The summed E-state index contributed by atoms with van der Waals surface area (Å²) in [6.07, 6.45) is 5.05. The Balaban J connectivity index is 1.50. The lowest BCUT2D eigenvalue weighted by Crippen LogP contribution is -2.55. The number of hydrogen-bond donors (Lipinski definition) is 3. The number of piperidine rings is 1. The monoisotopic (exact) mass is 448 g/mol. The molecule has 1 fully saturated rings. The molecular weight excluding hydrogens is 420 g/mol. The fourth-order valence-corrected chi connectivity index (χ4v) is 3.81. The Morgan fingerprint density at radius 2 is 2.10 bits per heavy atom. The van der Waals surface area contributed by atoms with Crippen molar-refractivity contribution in [2.45, 2.75) is 25.0 Å². The van der Waals surface area contributed by atoms with Gasteiger partial charge in [-0.1, -0.05) is 11.6 Å². The van der Waals surface area contributed by atoms with Crippen molar-refractivity contribution in [2.24, 2.45) is 0 Å². The molecule has 1 amide bonds. The van der Waals surface area contributed by atoms with E-state index in [0.717, 1.165) is 39.0 Å². The molecule has 0 spiro atoms. The third kappa shape index (κ3) is 6.19. The molecule has 10 heteroatoms. The maximum Gasteiger partial charge on any atom is 0.255 e. The summed E-state index contributed by atoms with van der Waals surface area (Å²) in [5, 5.41) is 6.60. The van der Waals surface area contributed by atoms with Crippen LogP contribution in [-0.4, -0.2) is 73.3 Å². The maximum absolute atomic E-state index is 12.9. The van der Waals surface area contributed by atoms with Gasteiger partial charge >= 0.3 is 0 Å². The largest absolute Gasteiger partial charge is 0.496 e. The zero-order chi connectivity index (χ0) is 22.2. The molecule has 0 bridgehead atoms. The maximum atomic E-state index is 12.9. The van der Waals surface area contributed by atoms with E-state index < -0.39 is 0 Å². The van der Waals surface area contributed by atoms with Crippen LogP contribution in [0, 0.1) is 0 Å². The highest BCUT2D eigenvalue weighted by atomic mass is 35.5. The molecule has 0 aliphatic carbocycles. The number of ether oxygens (including phenoxy) is 2. The number of hydrogen-bond acceptors (Lipinski definition) is 8. The molecule has 3 rings (SSSR count). The number of nitrogens with zero attached hydrogens (tertiary/aromatic N) is 3. The fraction of sp³-hybridized carbons (Fsp3) is 0.476. The molecule has 1 aliphatic heterocycles. The van der Waals surface area contributed by atoms with Crippen LogP contribution in [0.3, 0.4) is 0 Å². The van der Waals surface area contributed by atoms with Crippen LogP contribution in [0.2, 0.25) is 5.02 Å². The number of carbonyl (C=O) groups is 1. The number of halogens is 1. The van der Waals surface area contributed by atoms with Crippen LogP contribution in [0.15, 0.2) is 30.6 Å². The zero-order valence-corrected chi connectivity index (χ0v) is 18.6. The highest BCUT2D eigenvalue weighted by molar-refractivity contribution is 6.33. The molecule has 4 N–H and O–H groups in total. The van der Waals surface area contributed by atoms with Crippen molar-refractivity contribution in [1.29, 1.82) is 0 Å². The summed E-state index contributed by atoms with van der Waals surface area (Å²) >= 11 is 6.10. The summed E-state index contributed by atoms with van der Waals surface area (Å²) in [6, 6.07) is 4.77. The van der Waals surface area contributed by atoms with Gasteiger partial charge in [-0.25, -0.2) is 9.97 Å². The van der Waals surface area contributed by atoms with Crippen LogP contribution < -0.4 is 21.1 Å². The Labute approximate surface area is 187 Å². The van der Waals surface area contributed by atoms with Gasteiger partial charge in [-0.05, 0) is 31.5 Å². The Morgan fingerprint density at radius 3 is 2.81 bits per heavy atom. The van der Waals surface area contributed by atoms with Crippen LogP contribution in [0.5, 0.6) is 5.75 Å². The molecule has 0 saturated carbocycles. The minimum Gasteiger partial charge on any atom is -0.496 e. The zero-order valence-electron chi connectivity index (χ0n) is 17.8. The van der Waals surface area contributed by atoms with Gasteiger partial charge in [0.05, 0.1) is 35.5 Å². The number of carbonyl (C=O) groups excluding carboxylic acids is 1. The predicted octanol–water partition coefficient (Wildman–Crippen LogP) is 2.04. The van der Waals surface area contributed by atoms with Gasteiger partial charge in [-0.15, -0.1) is 0 Å². The van der Waals surface area contributed by atoms with Gasteiger partial charge < -0.3 is 30.7 Å². The Hall–Kier alpha value is -2.62. The standard InChI is InChI=1S/C21H29ClN6O3/c1-30-18-12-16(23)15(22)11-14(18)20(29)27-17-5-10-28(13-19(17)31-2)9-4-8-26-21-24-6-3-7-25-21/h3,6-7,11-12,17,19H,4-5,8-10,13,23H2,1-2H3,(H,27,29)(H,24,25,26)/t17-,19+/m0/s1. The molecule has 1 aliphatic rings. The average Bonchev–Trinajstić information content (AvgIpc) is 2.79. The minimum atomic E-state index is -0.258. The summed E-state index contributed by atoms with van der Waals surface area (Å²) in [5.41, 5.74) is 6.53. The second-order valence-electron chi connectivity index (χ2n) is 7.37. The van der Waals surface area contributed by atoms with E-state index in [1.165, 1.54) is 13.2 Å². The van der Waals surface area contributed by atoms with Crippen molar-refractivity contribution in [1.82, 2.24) is 20.2 Å². The van der Waals surface area contributed by atoms with Crippen molar-refractivity contribution in [3.63, 3.8) is 0 Å². The molecule has 1 aromatic carbocycles. The summed E-state index contributed by atoms with van der Waals surface area (Å²) in [5.74, 6) is 0.767. The minimum absolute atomic E-state index is 0.106. The number of rotatable bonds is 9. The molecule has 0 radical (unpaired) electrons. The number of benzene rings is 1. The van der Waals surface area contributed by atoms with Gasteiger partial charge in [0.2, 0.25) is 5.95 Å². The van der Waals surface area contributed by atoms with Crippen LogP contribution >= 0.6 is 11.6 Å². The molecule has 2 atom stereocenters. The van der Waals surface area contributed by atoms with Crippen LogP contribution in [0.4, 0.5) is 11.6 Å². The molecule has 2 aromatic rings. The van der Waals surface area contributed by atoms with Gasteiger partial charge in [0.1, 0.15) is 5.75 Å². The first-order valence-electron chi connectivity index (χ1n) is 10.2. The fourth-order valence-electron chi connectivity index (χ4n) is 3.64. The first-order valence-corrected chi connectivity index (χ1v) is 10.6. The lowest BCUT2D eigenvalue weighted by atomic mass is 10.0. The predicted molar refractivity (Wildman–Crippen MR) is 121 cm³/mol. The number of amides is 1. The Bertz CT molecular complexity index is 870. The third-order valence-electron chi connectivity index (χ3n) is 5.33. The van der Waals surface area contributed by atoms with E-state index >= 15 is 0 Å². The Morgan fingerprint density at radius 1 is 1.32 bits per heavy atom. The van der Waals surface area contributed by atoms with E-state index in [0.29, 0.717) is 28.0 Å². The van der Waals surface area contributed by atoms with Gasteiger partial charge in [0.25, 0.3) is 5.91 Å². The van der Waals surface area contributed by atoms with Crippen molar-refractivity contribution in [3.8, 4) is 5.75 Å². The summed E-state index contributed by atoms with van der Waals surface area (Å²) in [7, 11) is 3.16. The normalized spacial score (nSPS) is 19.1. The van der Waals surface area contributed by atoms with E-state index in [-0.39, 0.29) is 18.1 Å². The average molecular weight is 449 g/mol. The topological polar surface area (TPSA) is 115 Å². The molecular formula is C21H29ClN6O3. The number of nitrogens with two attached hydrogens (primary N) is 1. The number of anilines is 2. The van der Waals surface area contributed by atoms with Crippen molar-refractivity contribution < 1.29 is 14.3 Å². The number of aromatic nitrogens is 2. The SMILES string of the molecule is COc1cc(N)c(Cl)cc1C(=O)N[C@H]1CCN(CCCNc2ncccn2)C[C@H]1OC. The summed E-state index contributed by atoms with van der Waals surface area (Å²) in [4.78, 5) is 23.5. The van der Waals surface area contributed by atoms with Gasteiger partial charge in [-0.2, -0.15) is 0 Å². The highest BCUT2D eigenvalue weighted by Gasteiger charge is 2.31. The number of methoxy groups -OCH3 is 2. The van der Waals surface area contributed by atoms with E-state index in [2.05, 4.69) is 25.5 Å². The van der Waals surface area contributed by atoms with E-state index in [1.54, 1.807) is 31.6 Å². The van der Waals surface area contributed by atoms with Crippen LogP contribution in [0.25, 0.3) is 0 Å². The van der Waals surface area contributed by atoms with Crippen molar-refractivity contribution in [2.75, 3.05) is 51.4 Å². The Kier molecular flexibility index (Phi) is 8.27. The molecule has 0 unspecified atom stereocenters. The molecule has 2 heterocycles. The van der Waals surface area contributed by atoms with Gasteiger partial charge in [0.15, 0.2) is 0 Å². The molecule has 9 nitrogen and oxygen atoms in total. The summed E-state index contributed by atoms with van der Waals surface area (Å²) in [6.45, 7) is 3.31. The van der Waals surface area contributed by atoms with Crippen LogP contribution in [0.1, 0.15) is 23.2 Å². The molecule has 1 aromatic heterocycles. The van der Waals surface area contributed by atoms with Crippen molar-refractivity contribution in [3.05, 3.63) is 41.2 Å². The molecule has 1 saturated heterocycles. The lowest BCUT2D eigenvalue weighted by molar-refractivity contribution is 0.00637. The van der Waals surface area contributed by atoms with E-state index in [9.17, 15) is 4.79 Å². The summed E-state index contributed by atoms with van der Waals surface area (Å²) < 4.78 is 11.0.